The van der Waals surface area contributed by atoms with Crippen LogP contribution in [0.1, 0.15) is 29.9 Å². The van der Waals surface area contributed by atoms with Gasteiger partial charge in [0.05, 0.1) is 0 Å². The molecule has 4 heteroatoms. The van der Waals surface area contributed by atoms with E-state index < -0.39 is 6.09 Å². The van der Waals surface area contributed by atoms with Gasteiger partial charge >= 0.3 is 6.09 Å². The number of amides is 1. The summed E-state index contributed by atoms with van der Waals surface area (Å²) in [7, 11) is 0. The van der Waals surface area contributed by atoms with Crippen LogP contribution in [0.3, 0.4) is 0 Å². The molecule has 0 aromatic heterocycles. The van der Waals surface area contributed by atoms with Gasteiger partial charge in [-0.05, 0) is 28.7 Å². The van der Waals surface area contributed by atoms with Crippen molar-refractivity contribution in [3.63, 3.8) is 0 Å². The summed E-state index contributed by atoms with van der Waals surface area (Å²) in [5.74, 6) is 0.0297. The highest BCUT2D eigenvalue weighted by atomic mass is 16.5. The maximum absolute atomic E-state index is 12.1. The lowest BCUT2D eigenvalue weighted by Crippen LogP contribution is -2.35. The van der Waals surface area contributed by atoms with Gasteiger partial charge in [0, 0.05) is 18.4 Å². The lowest BCUT2D eigenvalue weighted by atomic mass is 9.98. The van der Waals surface area contributed by atoms with Crippen LogP contribution in [0.25, 0.3) is 11.1 Å². The van der Waals surface area contributed by atoms with Crippen LogP contribution in [0.5, 0.6) is 0 Å². The summed E-state index contributed by atoms with van der Waals surface area (Å²) in [4.78, 5) is 22.8. The first-order valence-electron chi connectivity index (χ1n) is 8.40. The third kappa shape index (κ3) is 3.63. The molecule has 3 rings (SSSR count). The van der Waals surface area contributed by atoms with Gasteiger partial charge in [0.2, 0.25) is 0 Å². The zero-order valence-corrected chi connectivity index (χ0v) is 14.0. The Hall–Kier alpha value is -2.88. The molecule has 1 aliphatic rings. The maximum Gasteiger partial charge on any atom is 0.407 e. The van der Waals surface area contributed by atoms with Crippen LogP contribution >= 0.6 is 0 Å². The highest BCUT2D eigenvalue weighted by Gasteiger charge is 2.29. The zero-order valence-electron chi connectivity index (χ0n) is 14.0. The molecule has 0 radical (unpaired) electrons. The van der Waals surface area contributed by atoms with Crippen molar-refractivity contribution in [1.82, 2.24) is 5.32 Å². The lowest BCUT2D eigenvalue weighted by Gasteiger charge is -2.17. The highest BCUT2D eigenvalue weighted by Crippen LogP contribution is 2.44. The van der Waals surface area contributed by atoms with E-state index in [0.717, 1.165) is 6.29 Å². The lowest BCUT2D eigenvalue weighted by molar-refractivity contribution is -0.108. The van der Waals surface area contributed by atoms with Gasteiger partial charge in [-0.15, -0.1) is 6.58 Å². The number of nitrogens with one attached hydrogen (secondary N) is 1. The molecule has 2 aromatic rings. The van der Waals surface area contributed by atoms with Crippen LogP contribution in [0.15, 0.2) is 61.2 Å². The minimum absolute atomic E-state index is 0.0297. The van der Waals surface area contributed by atoms with E-state index in [1.54, 1.807) is 6.08 Å². The number of rotatable bonds is 7. The average Bonchev–Trinajstić information content (AvgIpc) is 2.94. The Morgan fingerprint density at radius 1 is 1.08 bits per heavy atom. The number of hydrogen-bond acceptors (Lipinski definition) is 3. The Morgan fingerprint density at radius 3 is 2.24 bits per heavy atom. The van der Waals surface area contributed by atoms with Gasteiger partial charge in [-0.3, -0.25) is 0 Å². The Balaban J connectivity index is 1.70. The molecule has 1 amide bonds. The molecule has 0 saturated carbocycles. The second-order valence-electron chi connectivity index (χ2n) is 6.09. The zero-order chi connectivity index (χ0) is 17.6. The average molecular weight is 335 g/mol. The van der Waals surface area contributed by atoms with Crippen LogP contribution in [0, 0.1) is 0 Å². The fourth-order valence-corrected chi connectivity index (χ4v) is 3.34. The van der Waals surface area contributed by atoms with E-state index in [0.29, 0.717) is 6.42 Å². The van der Waals surface area contributed by atoms with E-state index in [4.69, 9.17) is 4.74 Å². The van der Waals surface area contributed by atoms with Crippen LogP contribution in [-0.4, -0.2) is 25.0 Å². The minimum atomic E-state index is -0.504. The van der Waals surface area contributed by atoms with Gasteiger partial charge in [-0.1, -0.05) is 54.6 Å². The standard InChI is InChI=1S/C21H21NO3/c1-2-7-15(12-13-23)22-21(24)25-14-20-18-10-5-3-8-16(18)17-9-4-6-11-19(17)20/h2-6,8-11,13,15,20H,1,7,12,14H2,(H,22,24). The van der Waals surface area contributed by atoms with Crippen molar-refractivity contribution in [1.29, 1.82) is 0 Å². The van der Waals surface area contributed by atoms with E-state index >= 15 is 0 Å². The summed E-state index contributed by atoms with van der Waals surface area (Å²) in [5, 5.41) is 2.73. The SMILES string of the molecule is C=CCC(CC=O)NC(=O)OCC1c2ccccc2-c2ccccc21. The minimum Gasteiger partial charge on any atom is -0.449 e. The number of hydrogen-bond donors (Lipinski definition) is 1. The molecule has 1 aliphatic carbocycles. The Labute approximate surface area is 147 Å². The predicted molar refractivity (Wildman–Crippen MR) is 97.5 cm³/mol. The number of carbonyl (C=O) groups excluding carboxylic acids is 2. The van der Waals surface area contributed by atoms with E-state index in [1.807, 2.05) is 24.3 Å². The highest BCUT2D eigenvalue weighted by molar-refractivity contribution is 5.79. The first kappa shape index (κ1) is 17.0. The van der Waals surface area contributed by atoms with E-state index in [1.165, 1.54) is 22.3 Å². The third-order valence-electron chi connectivity index (χ3n) is 4.50. The second kappa shape index (κ2) is 7.79. The van der Waals surface area contributed by atoms with Gasteiger partial charge in [-0.25, -0.2) is 4.79 Å². The van der Waals surface area contributed by atoms with Crippen LogP contribution in [0.4, 0.5) is 4.79 Å². The normalized spacial score (nSPS) is 13.4. The molecule has 0 aliphatic heterocycles. The van der Waals surface area contributed by atoms with Crippen molar-refractivity contribution >= 4 is 12.4 Å². The van der Waals surface area contributed by atoms with Gasteiger partial charge in [-0.2, -0.15) is 0 Å². The number of ether oxygens (including phenoxy) is 1. The summed E-state index contributed by atoms with van der Waals surface area (Å²) in [5.41, 5.74) is 4.73. The fraction of sp³-hybridized carbons (Fsp3) is 0.238. The maximum atomic E-state index is 12.1. The largest absolute Gasteiger partial charge is 0.449 e. The summed E-state index contributed by atoms with van der Waals surface area (Å²) in [6.45, 7) is 3.91. The van der Waals surface area contributed by atoms with Crippen molar-refractivity contribution < 1.29 is 14.3 Å². The van der Waals surface area contributed by atoms with E-state index in [-0.39, 0.29) is 25.0 Å². The molecule has 0 heterocycles. The van der Waals surface area contributed by atoms with Crippen molar-refractivity contribution in [3.05, 3.63) is 72.3 Å². The molecule has 1 atom stereocenters. The van der Waals surface area contributed by atoms with E-state index in [2.05, 4.69) is 36.2 Å². The van der Waals surface area contributed by atoms with Gasteiger partial charge in [0.25, 0.3) is 0 Å². The van der Waals surface area contributed by atoms with Crippen molar-refractivity contribution in [2.45, 2.75) is 24.8 Å². The van der Waals surface area contributed by atoms with Crippen LogP contribution in [0.2, 0.25) is 0 Å². The molecular weight excluding hydrogens is 314 g/mol. The first-order valence-corrected chi connectivity index (χ1v) is 8.40. The summed E-state index contributed by atoms with van der Waals surface area (Å²) in [6.07, 6.45) is 2.74. The van der Waals surface area contributed by atoms with E-state index in [9.17, 15) is 9.59 Å². The Kier molecular flexibility index (Phi) is 5.29. The van der Waals surface area contributed by atoms with Crippen molar-refractivity contribution in [2.75, 3.05) is 6.61 Å². The summed E-state index contributed by atoms with van der Waals surface area (Å²) in [6, 6.07) is 16.1. The molecule has 128 valence electrons. The molecule has 1 N–H and O–H groups in total. The van der Waals surface area contributed by atoms with Crippen LogP contribution in [-0.2, 0) is 9.53 Å². The van der Waals surface area contributed by atoms with Gasteiger partial charge in [0.15, 0.2) is 0 Å². The Bertz CT molecular complexity index is 729. The van der Waals surface area contributed by atoms with Crippen molar-refractivity contribution in [3.8, 4) is 11.1 Å². The number of fused-ring (bicyclic) bond motifs is 3. The number of alkyl carbamates (subject to hydrolysis) is 1. The fourth-order valence-electron chi connectivity index (χ4n) is 3.34. The van der Waals surface area contributed by atoms with Gasteiger partial charge in [0.1, 0.15) is 12.9 Å². The molecular formula is C21H21NO3. The second-order valence-corrected chi connectivity index (χ2v) is 6.09. The Morgan fingerprint density at radius 2 is 1.68 bits per heavy atom. The summed E-state index contributed by atoms with van der Waals surface area (Å²) >= 11 is 0. The number of benzene rings is 2. The molecule has 0 bridgehead atoms. The molecule has 0 spiro atoms. The topological polar surface area (TPSA) is 55.4 Å². The smallest absolute Gasteiger partial charge is 0.407 e. The first-order chi connectivity index (χ1) is 12.2. The summed E-state index contributed by atoms with van der Waals surface area (Å²) < 4.78 is 5.46. The van der Waals surface area contributed by atoms with Gasteiger partial charge < -0.3 is 14.8 Å². The molecule has 2 aromatic carbocycles. The quantitative estimate of drug-likeness (QED) is 0.613. The molecule has 25 heavy (non-hydrogen) atoms. The molecule has 1 unspecified atom stereocenters. The molecule has 4 nitrogen and oxygen atoms in total. The third-order valence-corrected chi connectivity index (χ3v) is 4.50. The predicted octanol–water partition coefficient (Wildman–Crippen LogP) is 4.06. The van der Waals surface area contributed by atoms with Crippen LogP contribution < -0.4 is 5.32 Å². The molecule has 0 fully saturated rings. The number of aldehydes is 1. The number of carbonyl (C=O) groups is 2. The molecule has 0 saturated heterocycles. The monoisotopic (exact) mass is 335 g/mol. The van der Waals surface area contributed by atoms with Crippen molar-refractivity contribution in [2.24, 2.45) is 0 Å².